The summed E-state index contributed by atoms with van der Waals surface area (Å²) in [5.41, 5.74) is 8.94. The minimum absolute atomic E-state index is 0. The molecule has 1 aliphatic rings. The van der Waals surface area contributed by atoms with Crippen molar-refractivity contribution < 1.29 is 41.6 Å². The number of hydrogen-bond acceptors (Lipinski definition) is 7. The van der Waals surface area contributed by atoms with Crippen LogP contribution in [-0.2, 0) is 31.4 Å². The van der Waals surface area contributed by atoms with Gasteiger partial charge in [0.25, 0.3) is 0 Å². The zero-order valence-corrected chi connectivity index (χ0v) is 11.2. The molecule has 1 rings (SSSR count). The van der Waals surface area contributed by atoms with Gasteiger partial charge in [0.05, 0.1) is 13.2 Å². The predicted octanol–water partition coefficient (Wildman–Crippen LogP) is -4.29. The van der Waals surface area contributed by atoms with Crippen LogP contribution in [0.3, 0.4) is 0 Å². The Labute approximate surface area is 121 Å². The number of ether oxygens (including phenoxy) is 1. The van der Waals surface area contributed by atoms with Crippen molar-refractivity contribution in [3.8, 4) is 0 Å². The third-order valence-corrected chi connectivity index (χ3v) is 1.38. The number of carboxylic acid groups (broad SMARTS) is 2. The molecule has 9 nitrogen and oxygen atoms in total. The van der Waals surface area contributed by atoms with Crippen LogP contribution in [0.4, 0.5) is 0 Å². The molecule has 0 aromatic carbocycles. The first-order valence-corrected chi connectivity index (χ1v) is 5.14. The molecule has 0 aromatic rings. The number of nitrogens with two attached hydrogens (primary N) is 2. The number of hydrogen-bond donors (Lipinski definition) is 4. The van der Waals surface area contributed by atoms with Gasteiger partial charge in [-0.25, -0.2) is 0 Å². The van der Waals surface area contributed by atoms with E-state index in [1.807, 2.05) is 0 Å². The van der Waals surface area contributed by atoms with Crippen molar-refractivity contribution in [3.63, 3.8) is 0 Å². The molecule has 0 aromatic heterocycles. The molecule has 1 heterocycles. The van der Waals surface area contributed by atoms with Crippen molar-refractivity contribution in [2.24, 2.45) is 11.5 Å². The number of aliphatic carboxylic acids is 2. The number of rotatable bonds is 3. The summed E-state index contributed by atoms with van der Waals surface area (Å²) in [6.07, 6.45) is -0.940. The minimum atomic E-state index is -1.37. The van der Waals surface area contributed by atoms with Crippen molar-refractivity contribution in [3.05, 3.63) is 0 Å². The van der Waals surface area contributed by atoms with E-state index in [4.69, 9.17) is 10.1 Å². The predicted molar refractivity (Wildman–Crippen MR) is 59.0 cm³/mol. The first-order chi connectivity index (χ1) is 8.36. The van der Waals surface area contributed by atoms with Gasteiger partial charge in [0, 0.05) is 25.0 Å². The first-order valence-electron chi connectivity index (χ1n) is 5.14. The quantitative estimate of drug-likeness (QED) is 0.229. The molecular weight excluding hydrogens is 308 g/mol. The first kappa shape index (κ1) is 22.8. The molecule has 1 radical (unpaired) electrons. The molecule has 0 spiro atoms. The van der Waals surface area contributed by atoms with Crippen LogP contribution in [0, 0.1) is 5.41 Å². The van der Waals surface area contributed by atoms with E-state index in [0.29, 0.717) is 0 Å². The zero-order valence-electron chi connectivity index (χ0n) is 10.2. The van der Waals surface area contributed by atoms with E-state index in [1.54, 1.807) is 0 Å². The molecule has 10 heteroatoms. The molecule has 6 N–H and O–H groups in total. The van der Waals surface area contributed by atoms with Gasteiger partial charge < -0.3 is 41.3 Å². The minimum Gasteiger partial charge on any atom is -0.550 e. The maximum atomic E-state index is 9.50. The molecule has 0 saturated carbocycles. The summed E-state index contributed by atoms with van der Waals surface area (Å²) in [5, 5.41) is 28.2. The molecule has 1 aliphatic heterocycles. The van der Waals surface area contributed by atoms with Gasteiger partial charge in [-0.15, -0.1) is 0 Å². The maximum Gasteiger partial charge on any atom is 2.00 e. The maximum absolute atomic E-state index is 9.50. The molecule has 0 unspecified atom stereocenters. The van der Waals surface area contributed by atoms with Gasteiger partial charge in [-0.1, -0.05) is 0 Å². The molecule has 1 fully saturated rings. The average molecular weight is 326 g/mol. The van der Waals surface area contributed by atoms with Gasteiger partial charge in [-0.3, -0.25) is 5.41 Å². The molecule has 0 bridgehead atoms. The van der Waals surface area contributed by atoms with Crippen LogP contribution in [0.2, 0.25) is 0 Å². The number of nitrogens with one attached hydrogen (secondary N) is 2. The van der Waals surface area contributed by atoms with E-state index >= 15 is 0 Å². The van der Waals surface area contributed by atoms with Crippen molar-refractivity contribution in [1.82, 2.24) is 5.32 Å². The second-order valence-electron chi connectivity index (χ2n) is 3.06. The Kier molecular flexibility index (Phi) is 20.0. The van der Waals surface area contributed by atoms with E-state index in [2.05, 4.69) is 16.8 Å². The van der Waals surface area contributed by atoms with Crippen molar-refractivity contribution >= 4 is 17.9 Å². The van der Waals surface area contributed by atoms with Crippen LogP contribution >= 0.6 is 0 Å². The van der Waals surface area contributed by atoms with Gasteiger partial charge in [0.2, 0.25) is 0 Å². The average Bonchev–Trinajstić information content (AvgIpc) is 2.29. The molecule has 0 aliphatic carbocycles. The van der Waals surface area contributed by atoms with Crippen LogP contribution < -0.4 is 27.0 Å². The summed E-state index contributed by atoms with van der Waals surface area (Å²) >= 11 is 0. The molecule has 19 heavy (non-hydrogen) atoms. The van der Waals surface area contributed by atoms with E-state index in [0.717, 1.165) is 26.3 Å². The summed E-state index contributed by atoms with van der Waals surface area (Å²) < 4.78 is 5.01. The molecule has 0 atom stereocenters. The third-order valence-electron chi connectivity index (χ3n) is 1.38. The van der Waals surface area contributed by atoms with Gasteiger partial charge in [-0.2, -0.15) is 0 Å². The van der Waals surface area contributed by atoms with Crippen LogP contribution in [0.1, 0.15) is 12.8 Å². The Hall–Kier alpha value is -1.35. The Morgan fingerprint density at radius 3 is 1.53 bits per heavy atom. The van der Waals surface area contributed by atoms with Gasteiger partial charge in [0.1, 0.15) is 0 Å². The van der Waals surface area contributed by atoms with Gasteiger partial charge in [-0.05, 0) is 12.8 Å². The van der Waals surface area contributed by atoms with Crippen molar-refractivity contribution in [2.45, 2.75) is 12.8 Å². The topological polar surface area (TPSA) is 177 Å². The number of carboxylic acids is 2. The fourth-order valence-electron chi connectivity index (χ4n) is 0.720. The standard InChI is InChI=1S/C4H9NO.C4H6O4.CH5N3.Cu/c1-3-6-4-2-5-1;5-3(6)1-2-4(7)8;2-1(3)4;/h5H,1-4H2;1-2H2,(H,5,6)(H,7,8);(H5,2,3,4);/q;;;+2/p-2. The smallest absolute Gasteiger partial charge is 0.550 e. The van der Waals surface area contributed by atoms with Crippen molar-refractivity contribution in [1.29, 1.82) is 5.41 Å². The Morgan fingerprint density at radius 1 is 1.11 bits per heavy atom. The second-order valence-corrected chi connectivity index (χ2v) is 3.06. The van der Waals surface area contributed by atoms with Crippen LogP contribution in [0.25, 0.3) is 0 Å². The Balaban J connectivity index is -0.000000208. The summed E-state index contributed by atoms with van der Waals surface area (Å²) in [4.78, 5) is 19.0. The summed E-state index contributed by atoms with van der Waals surface area (Å²) in [7, 11) is 0. The Bertz CT molecular complexity index is 231. The molecule has 115 valence electrons. The largest absolute Gasteiger partial charge is 2.00 e. The Morgan fingerprint density at radius 2 is 1.42 bits per heavy atom. The van der Waals surface area contributed by atoms with E-state index < -0.39 is 24.8 Å². The monoisotopic (exact) mass is 325 g/mol. The second kappa shape index (κ2) is 16.6. The van der Waals surface area contributed by atoms with Crippen LogP contribution in [-0.4, -0.2) is 44.2 Å². The SMILES string of the molecule is C1COCCN1.N=C(N)N.O=C([O-])CCC(=O)[O-].[Cu+2]. The van der Waals surface area contributed by atoms with E-state index in [-0.39, 0.29) is 23.0 Å². The van der Waals surface area contributed by atoms with Crippen LogP contribution in [0.15, 0.2) is 0 Å². The van der Waals surface area contributed by atoms with Crippen LogP contribution in [0.5, 0.6) is 0 Å². The zero-order chi connectivity index (χ0) is 14.4. The number of carbonyl (C=O) groups excluding carboxylic acids is 2. The molecular formula is C9H18CuN4O5. The summed E-state index contributed by atoms with van der Waals surface area (Å²) in [6.45, 7) is 3.83. The normalized spacial score (nSPS) is 12.4. The summed E-state index contributed by atoms with van der Waals surface area (Å²) in [5.74, 6) is -3.07. The van der Waals surface area contributed by atoms with Crippen molar-refractivity contribution in [2.75, 3.05) is 26.3 Å². The molecule has 0 amide bonds. The number of guanidine groups is 1. The fraction of sp³-hybridized carbons (Fsp3) is 0.667. The van der Waals surface area contributed by atoms with E-state index in [9.17, 15) is 19.8 Å². The third kappa shape index (κ3) is 38.4. The van der Waals surface area contributed by atoms with Gasteiger partial charge in [0.15, 0.2) is 5.96 Å². The molecule has 1 saturated heterocycles. The van der Waals surface area contributed by atoms with E-state index in [1.165, 1.54) is 0 Å². The van der Waals surface area contributed by atoms with Gasteiger partial charge >= 0.3 is 17.1 Å². The summed E-state index contributed by atoms with van der Waals surface area (Å²) in [6, 6.07) is 0. The fourth-order valence-corrected chi connectivity index (χ4v) is 0.720. The number of carbonyl (C=O) groups is 2. The number of morpholine rings is 1.